The van der Waals surface area contributed by atoms with Crippen molar-refractivity contribution in [1.29, 1.82) is 0 Å². The average molecular weight is 295 g/mol. The zero-order valence-electron chi connectivity index (χ0n) is 12.4. The van der Waals surface area contributed by atoms with Crippen molar-refractivity contribution < 1.29 is 4.74 Å². The van der Waals surface area contributed by atoms with E-state index in [1.807, 2.05) is 0 Å². The maximum atomic E-state index is 5.73. The Morgan fingerprint density at radius 3 is 2.75 bits per heavy atom. The molecule has 3 rings (SSSR count). The predicted octanol–water partition coefficient (Wildman–Crippen LogP) is 2.00. The van der Waals surface area contributed by atoms with E-state index in [-0.39, 0.29) is 0 Å². The molecule has 1 aromatic heterocycles. The van der Waals surface area contributed by atoms with Gasteiger partial charge in [0.05, 0.1) is 16.8 Å². The van der Waals surface area contributed by atoms with Crippen molar-refractivity contribution in [3.63, 3.8) is 0 Å². The van der Waals surface area contributed by atoms with E-state index in [2.05, 4.69) is 27.1 Å². The maximum absolute atomic E-state index is 5.73. The van der Waals surface area contributed by atoms with Crippen LogP contribution in [0.2, 0.25) is 0 Å². The Labute approximate surface area is 125 Å². The molecule has 0 spiro atoms. The molecular weight excluding hydrogens is 270 g/mol. The third kappa shape index (κ3) is 3.79. The molecule has 2 aliphatic heterocycles. The molecule has 1 atom stereocenters. The van der Waals surface area contributed by atoms with E-state index in [0.29, 0.717) is 6.10 Å². The third-order valence-electron chi connectivity index (χ3n) is 4.24. The minimum atomic E-state index is 0.493. The molecule has 0 bridgehead atoms. The first-order chi connectivity index (χ1) is 9.83. The van der Waals surface area contributed by atoms with Crippen LogP contribution in [0.25, 0.3) is 0 Å². The topological polar surface area (TPSA) is 28.6 Å². The molecule has 2 saturated heterocycles. The van der Waals surface area contributed by atoms with Crippen molar-refractivity contribution in [3.8, 4) is 0 Å². The fourth-order valence-electron chi connectivity index (χ4n) is 3.02. The minimum absolute atomic E-state index is 0.493. The number of hydrogen-bond donors (Lipinski definition) is 0. The normalized spacial score (nSPS) is 25.4. The first-order valence-electron chi connectivity index (χ1n) is 7.83. The summed E-state index contributed by atoms with van der Waals surface area (Å²) in [5.41, 5.74) is 1.25. The number of thiazole rings is 1. The number of hydrogen-bond acceptors (Lipinski definition) is 5. The van der Waals surface area contributed by atoms with Gasteiger partial charge in [-0.05, 0) is 19.3 Å². The first kappa shape index (κ1) is 14.4. The lowest BCUT2D eigenvalue weighted by atomic mass is 10.2. The van der Waals surface area contributed by atoms with E-state index < -0.39 is 0 Å². The van der Waals surface area contributed by atoms with Crippen LogP contribution in [-0.2, 0) is 17.7 Å². The molecule has 0 saturated carbocycles. The van der Waals surface area contributed by atoms with E-state index in [9.17, 15) is 0 Å². The fourth-order valence-corrected chi connectivity index (χ4v) is 3.76. The van der Waals surface area contributed by atoms with Crippen LogP contribution < -0.4 is 0 Å². The summed E-state index contributed by atoms with van der Waals surface area (Å²) in [6.45, 7) is 9.95. The van der Waals surface area contributed by atoms with Gasteiger partial charge in [-0.2, -0.15) is 0 Å². The number of aromatic nitrogens is 1. The summed E-state index contributed by atoms with van der Waals surface area (Å²) >= 11 is 1.80. The molecule has 0 radical (unpaired) electrons. The molecule has 1 aromatic rings. The quantitative estimate of drug-likeness (QED) is 0.831. The molecule has 0 N–H and O–H groups in total. The Morgan fingerprint density at radius 1 is 1.30 bits per heavy atom. The van der Waals surface area contributed by atoms with Gasteiger partial charge in [-0.25, -0.2) is 4.98 Å². The predicted molar refractivity (Wildman–Crippen MR) is 82.2 cm³/mol. The number of aryl methyl sites for hydroxylation is 1. The first-order valence-corrected chi connectivity index (χ1v) is 8.71. The molecule has 2 aliphatic rings. The smallest absolute Gasteiger partial charge is 0.0926 e. The van der Waals surface area contributed by atoms with Crippen molar-refractivity contribution >= 4 is 11.3 Å². The zero-order valence-corrected chi connectivity index (χ0v) is 13.2. The number of nitrogens with zero attached hydrogens (tertiary/aromatic N) is 3. The van der Waals surface area contributed by atoms with Crippen LogP contribution in [0.5, 0.6) is 0 Å². The number of ether oxygens (including phenoxy) is 1. The summed E-state index contributed by atoms with van der Waals surface area (Å²) in [4.78, 5) is 9.76. The van der Waals surface area contributed by atoms with Crippen LogP contribution in [0.1, 0.15) is 30.5 Å². The molecule has 0 amide bonds. The van der Waals surface area contributed by atoms with E-state index >= 15 is 0 Å². The highest BCUT2D eigenvalue weighted by molar-refractivity contribution is 7.09. The largest absolute Gasteiger partial charge is 0.377 e. The molecule has 5 heteroatoms. The van der Waals surface area contributed by atoms with Gasteiger partial charge in [0.15, 0.2) is 0 Å². The number of rotatable bonds is 5. The van der Waals surface area contributed by atoms with Gasteiger partial charge in [-0.3, -0.25) is 9.80 Å². The van der Waals surface area contributed by atoms with E-state index in [4.69, 9.17) is 4.74 Å². The SMILES string of the molecule is CCc1nc(CN2CCN(CC3CCCO3)CC2)cs1. The lowest BCUT2D eigenvalue weighted by Crippen LogP contribution is -2.48. The molecule has 112 valence electrons. The summed E-state index contributed by atoms with van der Waals surface area (Å²) in [6.07, 6.45) is 4.04. The van der Waals surface area contributed by atoms with Crippen LogP contribution in [-0.4, -0.2) is 60.2 Å². The summed E-state index contributed by atoms with van der Waals surface area (Å²) < 4.78 is 5.73. The lowest BCUT2D eigenvalue weighted by Gasteiger charge is -2.35. The Balaban J connectivity index is 1.41. The standard InChI is InChI=1S/C15H25N3OS/c1-2-15-16-13(12-20-15)10-17-5-7-18(8-6-17)11-14-4-3-9-19-14/h12,14H,2-11H2,1H3. The third-order valence-corrected chi connectivity index (χ3v) is 5.28. The molecule has 2 fully saturated rings. The van der Waals surface area contributed by atoms with Crippen molar-refractivity contribution in [2.24, 2.45) is 0 Å². The Kier molecular flexibility index (Phi) is 5.04. The summed E-state index contributed by atoms with van der Waals surface area (Å²) in [5.74, 6) is 0. The second kappa shape index (κ2) is 6.98. The van der Waals surface area contributed by atoms with Crippen LogP contribution in [0.3, 0.4) is 0 Å². The van der Waals surface area contributed by atoms with Gasteiger partial charge in [0, 0.05) is 51.3 Å². The van der Waals surface area contributed by atoms with Crippen molar-refractivity contribution in [2.75, 3.05) is 39.3 Å². The summed E-state index contributed by atoms with van der Waals surface area (Å²) in [7, 11) is 0. The molecule has 0 aromatic carbocycles. The van der Waals surface area contributed by atoms with Crippen LogP contribution in [0, 0.1) is 0 Å². The highest BCUT2D eigenvalue weighted by Crippen LogP contribution is 2.16. The fraction of sp³-hybridized carbons (Fsp3) is 0.800. The Hall–Kier alpha value is -0.490. The van der Waals surface area contributed by atoms with E-state index in [0.717, 1.165) is 39.2 Å². The van der Waals surface area contributed by atoms with Crippen LogP contribution in [0.4, 0.5) is 0 Å². The van der Waals surface area contributed by atoms with Crippen molar-refractivity contribution in [1.82, 2.24) is 14.8 Å². The molecule has 3 heterocycles. The number of piperazine rings is 1. The van der Waals surface area contributed by atoms with Crippen LogP contribution in [0.15, 0.2) is 5.38 Å². The van der Waals surface area contributed by atoms with Gasteiger partial charge in [0.25, 0.3) is 0 Å². The highest BCUT2D eigenvalue weighted by atomic mass is 32.1. The van der Waals surface area contributed by atoms with E-state index in [1.165, 1.54) is 36.6 Å². The summed E-state index contributed by atoms with van der Waals surface area (Å²) in [6, 6.07) is 0. The van der Waals surface area contributed by atoms with Crippen molar-refractivity contribution in [2.45, 2.75) is 38.8 Å². The molecule has 0 aliphatic carbocycles. The van der Waals surface area contributed by atoms with Crippen molar-refractivity contribution in [3.05, 3.63) is 16.1 Å². The Morgan fingerprint density at radius 2 is 2.10 bits per heavy atom. The average Bonchev–Trinajstić information content (AvgIpc) is 3.12. The second-order valence-corrected chi connectivity index (χ2v) is 6.74. The highest BCUT2D eigenvalue weighted by Gasteiger charge is 2.23. The van der Waals surface area contributed by atoms with Crippen LogP contribution >= 0.6 is 11.3 Å². The van der Waals surface area contributed by atoms with Gasteiger partial charge in [-0.15, -0.1) is 11.3 Å². The monoisotopic (exact) mass is 295 g/mol. The van der Waals surface area contributed by atoms with Gasteiger partial charge < -0.3 is 4.74 Å². The molecule has 1 unspecified atom stereocenters. The van der Waals surface area contributed by atoms with Gasteiger partial charge in [0.1, 0.15) is 0 Å². The summed E-state index contributed by atoms with van der Waals surface area (Å²) in [5, 5.41) is 3.48. The Bertz CT molecular complexity index is 409. The van der Waals surface area contributed by atoms with Gasteiger partial charge in [-0.1, -0.05) is 6.92 Å². The molecule has 20 heavy (non-hydrogen) atoms. The van der Waals surface area contributed by atoms with Gasteiger partial charge in [0.2, 0.25) is 0 Å². The second-order valence-electron chi connectivity index (χ2n) is 5.80. The maximum Gasteiger partial charge on any atom is 0.0926 e. The minimum Gasteiger partial charge on any atom is -0.377 e. The van der Waals surface area contributed by atoms with E-state index in [1.54, 1.807) is 11.3 Å². The van der Waals surface area contributed by atoms with Gasteiger partial charge >= 0.3 is 0 Å². The molecule has 4 nitrogen and oxygen atoms in total. The zero-order chi connectivity index (χ0) is 13.8. The molecular formula is C15H25N3OS. The lowest BCUT2D eigenvalue weighted by molar-refractivity contribution is 0.0487.